The van der Waals surface area contributed by atoms with E-state index in [9.17, 15) is 13.2 Å². The maximum Gasteiger partial charge on any atom is 0.261 e. The third-order valence-corrected chi connectivity index (χ3v) is 4.57. The fourth-order valence-electron chi connectivity index (χ4n) is 2.08. The first-order valence-corrected chi connectivity index (χ1v) is 8.68. The number of halogens is 1. The number of nitrogens with one attached hydrogen (secondary N) is 1. The van der Waals surface area contributed by atoms with Crippen LogP contribution in [-0.2, 0) is 13.8 Å². The summed E-state index contributed by atoms with van der Waals surface area (Å²) >= 11 is 0. The highest BCUT2D eigenvalue weighted by Gasteiger charge is 2.16. The topological polar surface area (TPSA) is 72.5 Å². The summed E-state index contributed by atoms with van der Waals surface area (Å²) < 4.78 is 27.5. The minimum atomic E-state index is -3.75. The number of hydrogen-bond donors (Lipinski definition) is 1. The van der Waals surface area contributed by atoms with Crippen LogP contribution in [0.3, 0.4) is 0 Å². The Labute approximate surface area is 122 Å². The van der Waals surface area contributed by atoms with Gasteiger partial charge in [-0.05, 0) is 43.0 Å². The summed E-state index contributed by atoms with van der Waals surface area (Å²) in [5.74, 6) is 0.115. The number of amides is 1. The second kappa shape index (κ2) is 6.56. The van der Waals surface area contributed by atoms with Gasteiger partial charge in [-0.1, -0.05) is 0 Å². The van der Waals surface area contributed by atoms with E-state index >= 15 is 0 Å². The molecule has 1 aromatic carbocycles. The maximum atomic E-state index is 11.9. The molecule has 20 heavy (non-hydrogen) atoms. The fourth-order valence-corrected chi connectivity index (χ4v) is 2.85. The van der Waals surface area contributed by atoms with Gasteiger partial charge >= 0.3 is 0 Å². The first kappa shape index (κ1) is 15.3. The van der Waals surface area contributed by atoms with Gasteiger partial charge in [0.25, 0.3) is 15.0 Å². The number of carbonyl (C=O) groups excluding carboxylic acids is 1. The average molecular weight is 318 g/mol. The van der Waals surface area contributed by atoms with E-state index in [1.807, 2.05) is 0 Å². The Morgan fingerprint density at radius 1 is 1.35 bits per heavy atom. The molecule has 1 aliphatic rings. The molecular weight excluding hydrogens is 302 g/mol. The number of carbonyl (C=O) groups is 1. The Hall–Kier alpha value is -1.11. The third kappa shape index (κ3) is 4.19. The molecule has 2 rings (SSSR count). The van der Waals surface area contributed by atoms with E-state index in [0.717, 1.165) is 19.4 Å². The SMILES string of the molecule is O=C(NCC1CCCOC1)c1ccc(S(=O)(=O)Cl)cc1. The van der Waals surface area contributed by atoms with Crippen LogP contribution < -0.4 is 5.32 Å². The van der Waals surface area contributed by atoms with Crippen molar-refractivity contribution in [1.29, 1.82) is 0 Å². The molecule has 0 aliphatic carbocycles. The largest absolute Gasteiger partial charge is 0.381 e. The number of rotatable bonds is 4. The van der Waals surface area contributed by atoms with Crippen molar-refractivity contribution in [3.8, 4) is 0 Å². The van der Waals surface area contributed by atoms with Crippen molar-refractivity contribution in [2.45, 2.75) is 17.7 Å². The van der Waals surface area contributed by atoms with Crippen molar-refractivity contribution in [3.63, 3.8) is 0 Å². The van der Waals surface area contributed by atoms with E-state index in [1.54, 1.807) is 0 Å². The molecule has 0 aromatic heterocycles. The number of hydrogen-bond acceptors (Lipinski definition) is 4. The molecule has 0 radical (unpaired) electrons. The van der Waals surface area contributed by atoms with Crippen molar-refractivity contribution < 1.29 is 17.9 Å². The second-order valence-corrected chi connectivity index (χ2v) is 7.32. The summed E-state index contributed by atoms with van der Waals surface area (Å²) in [6.45, 7) is 2.02. The summed E-state index contributed by atoms with van der Waals surface area (Å²) in [6, 6.07) is 5.53. The number of benzene rings is 1. The van der Waals surface area contributed by atoms with Crippen LogP contribution in [0.1, 0.15) is 23.2 Å². The molecule has 110 valence electrons. The smallest absolute Gasteiger partial charge is 0.261 e. The zero-order valence-electron chi connectivity index (χ0n) is 10.8. The first-order chi connectivity index (χ1) is 9.47. The molecule has 1 atom stereocenters. The lowest BCUT2D eigenvalue weighted by Gasteiger charge is -2.22. The van der Waals surface area contributed by atoms with Crippen molar-refractivity contribution in [2.24, 2.45) is 5.92 Å². The van der Waals surface area contributed by atoms with Gasteiger partial charge in [-0.25, -0.2) is 8.42 Å². The lowest BCUT2D eigenvalue weighted by Crippen LogP contribution is -2.33. The quantitative estimate of drug-likeness (QED) is 0.859. The van der Waals surface area contributed by atoms with Gasteiger partial charge in [0.15, 0.2) is 0 Å². The molecule has 1 saturated heterocycles. The van der Waals surface area contributed by atoms with Gasteiger partial charge in [0, 0.05) is 29.4 Å². The average Bonchev–Trinajstić information content (AvgIpc) is 2.45. The highest BCUT2D eigenvalue weighted by atomic mass is 35.7. The second-order valence-electron chi connectivity index (χ2n) is 4.76. The molecule has 0 spiro atoms. The monoisotopic (exact) mass is 317 g/mol. The van der Waals surface area contributed by atoms with E-state index in [2.05, 4.69) is 5.32 Å². The lowest BCUT2D eigenvalue weighted by atomic mass is 10.0. The van der Waals surface area contributed by atoms with Crippen LogP contribution in [-0.4, -0.2) is 34.1 Å². The Balaban J connectivity index is 1.92. The summed E-state index contributed by atoms with van der Waals surface area (Å²) in [7, 11) is 1.46. The van der Waals surface area contributed by atoms with Gasteiger partial charge in [-0.15, -0.1) is 0 Å². The molecule has 7 heteroatoms. The Morgan fingerprint density at radius 2 is 2.05 bits per heavy atom. The van der Waals surface area contributed by atoms with E-state index in [4.69, 9.17) is 15.4 Å². The van der Waals surface area contributed by atoms with Gasteiger partial charge in [-0.3, -0.25) is 4.79 Å². The molecule has 1 aliphatic heterocycles. The number of ether oxygens (including phenoxy) is 1. The molecule has 1 heterocycles. The van der Waals surface area contributed by atoms with Crippen molar-refractivity contribution >= 4 is 25.6 Å². The summed E-state index contributed by atoms with van der Waals surface area (Å²) in [5.41, 5.74) is 0.408. The molecule has 0 bridgehead atoms. The first-order valence-electron chi connectivity index (χ1n) is 6.37. The van der Waals surface area contributed by atoms with Gasteiger partial charge in [0.2, 0.25) is 0 Å². The zero-order chi connectivity index (χ0) is 14.6. The fraction of sp³-hybridized carbons (Fsp3) is 0.462. The van der Waals surface area contributed by atoms with Crippen molar-refractivity contribution in [3.05, 3.63) is 29.8 Å². The van der Waals surface area contributed by atoms with Gasteiger partial charge < -0.3 is 10.1 Å². The Bertz CT molecular complexity index is 565. The summed E-state index contributed by atoms with van der Waals surface area (Å²) in [5, 5.41) is 2.83. The molecular formula is C13H16ClNO4S. The maximum absolute atomic E-state index is 11.9. The van der Waals surface area contributed by atoms with Crippen LogP contribution in [0.15, 0.2) is 29.2 Å². The molecule has 1 amide bonds. The van der Waals surface area contributed by atoms with Gasteiger partial charge in [0.1, 0.15) is 0 Å². The summed E-state index contributed by atoms with van der Waals surface area (Å²) in [6.07, 6.45) is 2.06. The van der Waals surface area contributed by atoms with E-state index in [1.165, 1.54) is 24.3 Å². The summed E-state index contributed by atoms with van der Waals surface area (Å²) in [4.78, 5) is 11.9. The molecule has 1 fully saturated rings. The minimum absolute atomic E-state index is 0.0172. The Kier molecular flexibility index (Phi) is 5.01. The predicted molar refractivity (Wildman–Crippen MR) is 75.4 cm³/mol. The molecule has 5 nitrogen and oxygen atoms in total. The molecule has 1 aromatic rings. The van der Waals surface area contributed by atoms with E-state index in [0.29, 0.717) is 24.6 Å². The molecule has 1 N–H and O–H groups in total. The normalized spacial score (nSPS) is 19.6. The van der Waals surface area contributed by atoms with E-state index in [-0.39, 0.29) is 10.8 Å². The highest BCUT2D eigenvalue weighted by molar-refractivity contribution is 8.13. The van der Waals surface area contributed by atoms with Crippen LogP contribution in [0.5, 0.6) is 0 Å². The van der Waals surface area contributed by atoms with Crippen LogP contribution in [0.4, 0.5) is 0 Å². The molecule has 0 saturated carbocycles. The standard InChI is InChI=1S/C13H16ClNO4S/c14-20(17,18)12-5-3-11(4-6-12)13(16)15-8-10-2-1-7-19-9-10/h3-6,10H,1-2,7-9H2,(H,15,16). The van der Waals surface area contributed by atoms with Crippen LogP contribution in [0.2, 0.25) is 0 Å². The van der Waals surface area contributed by atoms with Crippen molar-refractivity contribution in [1.82, 2.24) is 5.32 Å². The van der Waals surface area contributed by atoms with E-state index < -0.39 is 9.05 Å². The van der Waals surface area contributed by atoms with Gasteiger partial charge in [-0.2, -0.15) is 0 Å². The predicted octanol–water partition coefficient (Wildman–Crippen LogP) is 1.77. The van der Waals surface area contributed by atoms with Crippen LogP contribution in [0.25, 0.3) is 0 Å². The van der Waals surface area contributed by atoms with Gasteiger partial charge in [0.05, 0.1) is 11.5 Å². The van der Waals surface area contributed by atoms with Crippen LogP contribution in [0, 0.1) is 5.92 Å². The Morgan fingerprint density at radius 3 is 2.60 bits per heavy atom. The van der Waals surface area contributed by atoms with Crippen molar-refractivity contribution in [2.75, 3.05) is 19.8 Å². The minimum Gasteiger partial charge on any atom is -0.381 e. The zero-order valence-corrected chi connectivity index (χ0v) is 12.4. The molecule has 1 unspecified atom stereocenters. The third-order valence-electron chi connectivity index (χ3n) is 3.20. The lowest BCUT2D eigenvalue weighted by molar-refractivity contribution is 0.0536. The highest BCUT2D eigenvalue weighted by Crippen LogP contribution is 2.16. The van der Waals surface area contributed by atoms with Crippen LogP contribution >= 0.6 is 10.7 Å².